The number of carboxylic acid groups (broad SMARTS) is 1. The van der Waals surface area contributed by atoms with Crippen LogP contribution < -0.4 is 0 Å². The molecule has 0 spiro atoms. The lowest BCUT2D eigenvalue weighted by atomic mass is 10.0. The fraction of sp³-hybridized carbons (Fsp3) is 0.182. The maximum absolute atomic E-state index is 13.2. The fourth-order valence-corrected chi connectivity index (χ4v) is 1.33. The van der Waals surface area contributed by atoms with Gasteiger partial charge in [-0.1, -0.05) is 11.6 Å². The predicted octanol–water partition coefficient (Wildman–Crippen LogP) is 2.10. The molecular formula is C11H8ClFO4. The van der Waals surface area contributed by atoms with Gasteiger partial charge in [0.15, 0.2) is 0 Å². The molecular weight excluding hydrogens is 251 g/mol. The zero-order valence-corrected chi connectivity index (χ0v) is 9.33. The maximum atomic E-state index is 13.2. The van der Waals surface area contributed by atoms with Crippen LogP contribution in [0.3, 0.4) is 0 Å². The molecule has 0 radical (unpaired) electrons. The number of halogens is 2. The van der Waals surface area contributed by atoms with Crippen molar-refractivity contribution in [2.45, 2.75) is 12.8 Å². The molecule has 0 aliphatic carbocycles. The molecule has 17 heavy (non-hydrogen) atoms. The smallest absolute Gasteiger partial charge is 0.303 e. The summed E-state index contributed by atoms with van der Waals surface area (Å²) in [5.74, 6) is -4.07. The van der Waals surface area contributed by atoms with Gasteiger partial charge in [-0.25, -0.2) is 4.39 Å². The quantitative estimate of drug-likeness (QED) is 0.648. The summed E-state index contributed by atoms with van der Waals surface area (Å²) in [5, 5.41) is 8.48. The van der Waals surface area contributed by atoms with Crippen molar-refractivity contribution in [3.8, 4) is 0 Å². The maximum Gasteiger partial charge on any atom is 0.303 e. The number of benzene rings is 1. The van der Waals surface area contributed by atoms with E-state index in [9.17, 15) is 18.8 Å². The molecule has 0 saturated heterocycles. The third kappa shape index (κ3) is 3.64. The Labute approximate surface area is 101 Å². The summed E-state index contributed by atoms with van der Waals surface area (Å²) in [6.07, 6.45) is -0.924. The highest BCUT2D eigenvalue weighted by Crippen LogP contribution is 2.16. The summed E-state index contributed by atoms with van der Waals surface area (Å²) in [6, 6.07) is 3.26. The molecule has 0 aliphatic rings. The van der Waals surface area contributed by atoms with Crippen molar-refractivity contribution in [1.29, 1.82) is 0 Å². The van der Waals surface area contributed by atoms with E-state index in [1.807, 2.05) is 0 Å². The number of carbonyl (C=O) groups is 3. The highest BCUT2D eigenvalue weighted by Gasteiger charge is 2.20. The molecule has 1 aromatic carbocycles. The van der Waals surface area contributed by atoms with E-state index in [1.165, 1.54) is 6.07 Å². The number of aliphatic carboxylic acids is 1. The second-order valence-corrected chi connectivity index (χ2v) is 3.71. The summed E-state index contributed by atoms with van der Waals surface area (Å²) in [7, 11) is 0. The molecule has 4 nitrogen and oxygen atoms in total. The first kappa shape index (κ1) is 13.3. The van der Waals surface area contributed by atoms with E-state index in [0.29, 0.717) is 0 Å². The van der Waals surface area contributed by atoms with E-state index >= 15 is 0 Å². The van der Waals surface area contributed by atoms with E-state index in [-0.39, 0.29) is 5.02 Å². The molecule has 90 valence electrons. The lowest BCUT2D eigenvalue weighted by Crippen LogP contribution is -2.16. The zero-order chi connectivity index (χ0) is 13.0. The molecule has 0 aliphatic heterocycles. The average molecular weight is 259 g/mol. The number of hydrogen-bond donors (Lipinski definition) is 1. The van der Waals surface area contributed by atoms with Crippen LogP contribution in [0.4, 0.5) is 4.39 Å². The van der Waals surface area contributed by atoms with E-state index in [0.717, 1.165) is 12.1 Å². The third-order valence-electron chi connectivity index (χ3n) is 1.99. The van der Waals surface area contributed by atoms with Crippen molar-refractivity contribution in [2.24, 2.45) is 0 Å². The summed E-state index contributed by atoms with van der Waals surface area (Å²) in [5.41, 5.74) is -0.437. The molecule has 0 fully saturated rings. The van der Waals surface area contributed by atoms with Gasteiger partial charge in [0.05, 0.1) is 12.0 Å². The van der Waals surface area contributed by atoms with Gasteiger partial charge < -0.3 is 5.11 Å². The minimum Gasteiger partial charge on any atom is -0.481 e. The van der Waals surface area contributed by atoms with Crippen LogP contribution in [0.15, 0.2) is 18.2 Å². The Morgan fingerprint density at radius 2 is 1.88 bits per heavy atom. The first-order chi connectivity index (χ1) is 7.91. The molecule has 6 heteroatoms. The van der Waals surface area contributed by atoms with Crippen LogP contribution in [-0.2, 0) is 9.59 Å². The van der Waals surface area contributed by atoms with Gasteiger partial charge in [-0.2, -0.15) is 0 Å². The Morgan fingerprint density at radius 1 is 1.24 bits per heavy atom. The van der Waals surface area contributed by atoms with Gasteiger partial charge in [0.1, 0.15) is 5.82 Å². The van der Waals surface area contributed by atoms with Gasteiger partial charge in [-0.05, 0) is 18.2 Å². The van der Waals surface area contributed by atoms with Gasteiger partial charge in [-0.15, -0.1) is 0 Å². The molecule has 0 unspecified atom stereocenters. The minimum atomic E-state index is -1.20. The van der Waals surface area contributed by atoms with Gasteiger partial charge in [0.25, 0.3) is 0 Å². The summed E-state index contributed by atoms with van der Waals surface area (Å²) < 4.78 is 13.2. The summed E-state index contributed by atoms with van der Waals surface area (Å²) in [6.45, 7) is 0. The van der Waals surface area contributed by atoms with Crippen LogP contribution in [0.5, 0.6) is 0 Å². The van der Waals surface area contributed by atoms with Crippen LogP contribution in [0.25, 0.3) is 0 Å². The highest BCUT2D eigenvalue weighted by molar-refractivity contribution is 6.44. The summed E-state index contributed by atoms with van der Waals surface area (Å²) >= 11 is 5.57. The minimum absolute atomic E-state index is 0.126. The summed E-state index contributed by atoms with van der Waals surface area (Å²) in [4.78, 5) is 33.0. The Kier molecular flexibility index (Phi) is 4.34. The predicted molar refractivity (Wildman–Crippen MR) is 57.6 cm³/mol. The van der Waals surface area contributed by atoms with Crippen LogP contribution >= 0.6 is 11.6 Å². The Hall–Kier alpha value is -1.75. The molecule has 0 atom stereocenters. The number of Topliss-reactive ketones (excluding diaryl/α,β-unsaturated/α-hetero) is 2. The Bertz CT molecular complexity index is 484. The molecule has 0 aromatic heterocycles. The highest BCUT2D eigenvalue weighted by atomic mass is 35.5. The van der Waals surface area contributed by atoms with Gasteiger partial charge in [-0.3, -0.25) is 14.4 Å². The van der Waals surface area contributed by atoms with Crippen molar-refractivity contribution in [1.82, 2.24) is 0 Å². The number of carboxylic acids is 1. The van der Waals surface area contributed by atoms with Gasteiger partial charge in [0, 0.05) is 11.4 Å². The van der Waals surface area contributed by atoms with Crippen LogP contribution in [0, 0.1) is 5.82 Å². The molecule has 0 saturated carbocycles. The third-order valence-corrected chi connectivity index (χ3v) is 2.23. The van der Waals surface area contributed by atoms with E-state index in [4.69, 9.17) is 16.7 Å². The molecule has 0 bridgehead atoms. The van der Waals surface area contributed by atoms with Crippen LogP contribution in [-0.4, -0.2) is 22.6 Å². The molecule has 0 amide bonds. The normalized spacial score (nSPS) is 10.0. The molecule has 0 heterocycles. The van der Waals surface area contributed by atoms with Gasteiger partial charge >= 0.3 is 5.97 Å². The van der Waals surface area contributed by atoms with E-state index in [1.54, 1.807) is 0 Å². The van der Waals surface area contributed by atoms with Crippen molar-refractivity contribution >= 4 is 29.1 Å². The number of hydrogen-bond acceptors (Lipinski definition) is 3. The second kappa shape index (κ2) is 5.54. The number of carbonyl (C=O) groups excluding carboxylic acids is 2. The van der Waals surface area contributed by atoms with Crippen molar-refractivity contribution in [3.05, 3.63) is 34.6 Å². The van der Waals surface area contributed by atoms with Gasteiger partial charge in [0.2, 0.25) is 11.6 Å². The largest absolute Gasteiger partial charge is 0.481 e. The van der Waals surface area contributed by atoms with Crippen molar-refractivity contribution in [2.75, 3.05) is 0 Å². The molecule has 1 rings (SSSR count). The van der Waals surface area contributed by atoms with Crippen molar-refractivity contribution in [3.63, 3.8) is 0 Å². The second-order valence-electron chi connectivity index (χ2n) is 3.27. The van der Waals surface area contributed by atoms with Crippen LogP contribution in [0.2, 0.25) is 5.02 Å². The standard InChI is InChI=1S/C11H8ClFO4/c12-6-1-2-8(13)7(5-6)11(17)9(14)3-4-10(15)16/h1-2,5H,3-4H2,(H,15,16). The average Bonchev–Trinajstić information content (AvgIpc) is 2.28. The van der Waals surface area contributed by atoms with Crippen LogP contribution in [0.1, 0.15) is 23.2 Å². The Morgan fingerprint density at radius 3 is 2.47 bits per heavy atom. The lowest BCUT2D eigenvalue weighted by Gasteiger charge is -2.01. The fourth-order valence-electron chi connectivity index (χ4n) is 1.16. The molecule has 1 aromatic rings. The number of ketones is 2. The first-order valence-electron chi connectivity index (χ1n) is 4.66. The first-order valence-corrected chi connectivity index (χ1v) is 5.04. The van der Waals surface area contributed by atoms with Crippen molar-refractivity contribution < 1.29 is 23.9 Å². The number of rotatable bonds is 5. The van der Waals surface area contributed by atoms with E-state index in [2.05, 4.69) is 0 Å². The Balaban J connectivity index is 2.85. The lowest BCUT2D eigenvalue weighted by molar-refractivity contribution is -0.138. The SMILES string of the molecule is O=C(O)CCC(=O)C(=O)c1cc(Cl)ccc1F. The molecule has 1 N–H and O–H groups in total. The zero-order valence-electron chi connectivity index (χ0n) is 8.57. The topological polar surface area (TPSA) is 71.4 Å². The van der Waals surface area contributed by atoms with E-state index < -0.39 is 41.8 Å². The monoisotopic (exact) mass is 258 g/mol.